The predicted octanol–water partition coefficient (Wildman–Crippen LogP) is 3.36. The molecule has 0 aliphatic carbocycles. The molecule has 0 heterocycles. The highest BCUT2D eigenvalue weighted by atomic mass is 19.1. The van der Waals surface area contributed by atoms with E-state index in [0.29, 0.717) is 6.54 Å². The molecule has 0 N–H and O–H groups in total. The molecule has 1 rings (SSSR count). The lowest BCUT2D eigenvalue weighted by Gasteiger charge is -2.20. The molecule has 0 saturated heterocycles. The zero-order chi connectivity index (χ0) is 13.5. The number of hydrogen-bond donors (Lipinski definition) is 0. The Labute approximate surface area is 107 Å². The van der Waals surface area contributed by atoms with Gasteiger partial charge in [-0.2, -0.15) is 4.39 Å². The summed E-state index contributed by atoms with van der Waals surface area (Å²) in [5.41, 5.74) is 0.311. The summed E-state index contributed by atoms with van der Waals surface area (Å²) in [5, 5.41) is 10.5. The van der Waals surface area contributed by atoms with Crippen LogP contribution in [0.15, 0.2) is 18.2 Å². The van der Waals surface area contributed by atoms with Crippen LogP contribution in [0.3, 0.4) is 0 Å². The van der Waals surface area contributed by atoms with E-state index in [1.165, 1.54) is 12.1 Å². The van der Waals surface area contributed by atoms with Crippen LogP contribution in [0.5, 0.6) is 0 Å². The summed E-state index contributed by atoms with van der Waals surface area (Å²) in [7, 11) is 0. The molecule has 0 aliphatic heterocycles. The number of rotatable bonds is 7. The maximum absolute atomic E-state index is 13.4. The predicted molar refractivity (Wildman–Crippen MR) is 68.9 cm³/mol. The average molecular weight is 254 g/mol. The van der Waals surface area contributed by atoms with Crippen molar-refractivity contribution in [3.8, 4) is 0 Å². The number of hydrogen-bond acceptors (Lipinski definition) is 3. The lowest BCUT2D eigenvalue weighted by Crippen LogP contribution is -2.24. The van der Waals surface area contributed by atoms with Crippen LogP contribution >= 0.6 is 0 Å². The molecule has 0 atom stereocenters. The van der Waals surface area contributed by atoms with E-state index in [9.17, 15) is 14.5 Å². The van der Waals surface area contributed by atoms with Gasteiger partial charge in [-0.3, -0.25) is 15.0 Å². The fourth-order valence-electron chi connectivity index (χ4n) is 1.79. The quantitative estimate of drug-likeness (QED) is 0.553. The third kappa shape index (κ3) is 4.07. The van der Waals surface area contributed by atoms with Crippen LogP contribution in [0.2, 0.25) is 0 Å². The molecule has 0 spiro atoms. The van der Waals surface area contributed by atoms with Crippen molar-refractivity contribution >= 4 is 5.69 Å². The number of benzene rings is 1. The first-order chi connectivity index (χ1) is 8.58. The molecule has 0 aromatic heterocycles. The number of nitro groups is 1. The summed E-state index contributed by atoms with van der Waals surface area (Å²) in [6, 6.07) is 4.11. The van der Waals surface area contributed by atoms with Crippen LogP contribution in [-0.2, 0) is 6.54 Å². The van der Waals surface area contributed by atoms with Crippen molar-refractivity contribution in [1.82, 2.24) is 4.90 Å². The minimum atomic E-state index is -0.760. The van der Waals surface area contributed by atoms with Crippen LogP contribution in [0, 0.1) is 15.9 Å². The molecular weight excluding hydrogens is 235 g/mol. The normalized spacial score (nSPS) is 10.9. The molecule has 0 bridgehead atoms. The van der Waals surface area contributed by atoms with E-state index >= 15 is 0 Å². The summed E-state index contributed by atoms with van der Waals surface area (Å²) >= 11 is 0. The molecule has 0 radical (unpaired) electrons. The fraction of sp³-hybridized carbons (Fsp3) is 0.538. The number of nitro benzene ring substituents is 1. The second-order valence-electron chi connectivity index (χ2n) is 4.27. The van der Waals surface area contributed by atoms with Gasteiger partial charge in [-0.25, -0.2) is 0 Å². The van der Waals surface area contributed by atoms with Crippen molar-refractivity contribution < 1.29 is 9.31 Å². The molecule has 0 amide bonds. The van der Waals surface area contributed by atoms with Gasteiger partial charge in [-0.15, -0.1) is 0 Å². The van der Waals surface area contributed by atoms with Crippen molar-refractivity contribution in [3.63, 3.8) is 0 Å². The summed E-state index contributed by atoms with van der Waals surface area (Å²) < 4.78 is 13.4. The van der Waals surface area contributed by atoms with E-state index in [4.69, 9.17) is 0 Å². The first-order valence-corrected chi connectivity index (χ1v) is 6.23. The smallest absolute Gasteiger partial charge is 0.299 e. The van der Waals surface area contributed by atoms with Gasteiger partial charge in [0.2, 0.25) is 5.82 Å². The van der Waals surface area contributed by atoms with Gasteiger partial charge in [0, 0.05) is 12.6 Å². The Balaban J connectivity index is 2.72. The molecule has 5 heteroatoms. The second-order valence-corrected chi connectivity index (χ2v) is 4.27. The third-order valence-corrected chi connectivity index (χ3v) is 2.89. The number of nitrogens with zero attached hydrogens (tertiary/aromatic N) is 2. The van der Waals surface area contributed by atoms with Crippen LogP contribution in [0.4, 0.5) is 10.1 Å². The molecule has 0 fully saturated rings. The third-order valence-electron chi connectivity index (χ3n) is 2.89. The van der Waals surface area contributed by atoms with E-state index < -0.39 is 16.4 Å². The van der Waals surface area contributed by atoms with Gasteiger partial charge in [-0.05, 0) is 31.1 Å². The lowest BCUT2D eigenvalue weighted by atomic mass is 10.1. The average Bonchev–Trinajstić information content (AvgIpc) is 2.34. The summed E-state index contributed by atoms with van der Waals surface area (Å²) in [5.74, 6) is -0.760. The summed E-state index contributed by atoms with van der Waals surface area (Å²) in [6.07, 6.45) is 2.22. The Hall–Kier alpha value is -1.49. The van der Waals surface area contributed by atoms with E-state index in [1.54, 1.807) is 6.07 Å². The van der Waals surface area contributed by atoms with E-state index in [-0.39, 0.29) is 0 Å². The van der Waals surface area contributed by atoms with Crippen LogP contribution in [0.25, 0.3) is 0 Å². The fourth-order valence-corrected chi connectivity index (χ4v) is 1.79. The Morgan fingerprint density at radius 2 is 2.11 bits per heavy atom. The monoisotopic (exact) mass is 254 g/mol. The standard InChI is InChI=1S/C13H19FN2O2/c1-3-5-8-15(4-2)10-11-6-7-13(16(17)18)12(14)9-11/h6-7,9H,3-5,8,10H2,1-2H3. The Kier molecular flexibility index (Phi) is 5.71. The summed E-state index contributed by atoms with van der Waals surface area (Å²) in [4.78, 5) is 12.0. The first-order valence-electron chi connectivity index (χ1n) is 6.23. The van der Waals surface area contributed by atoms with Gasteiger partial charge < -0.3 is 0 Å². The van der Waals surface area contributed by atoms with Crippen molar-refractivity contribution in [2.24, 2.45) is 0 Å². The van der Waals surface area contributed by atoms with Crippen LogP contribution in [0.1, 0.15) is 32.3 Å². The molecule has 1 aromatic rings. The van der Waals surface area contributed by atoms with Gasteiger partial charge >= 0.3 is 5.69 Å². The molecule has 0 aliphatic rings. The largest absolute Gasteiger partial charge is 0.304 e. The SMILES string of the molecule is CCCCN(CC)Cc1ccc([N+](=O)[O-])c(F)c1. The number of unbranched alkanes of at least 4 members (excludes halogenated alkanes) is 1. The highest BCUT2D eigenvalue weighted by Gasteiger charge is 2.14. The molecule has 0 unspecified atom stereocenters. The van der Waals surface area contributed by atoms with Crippen LogP contribution < -0.4 is 0 Å². The topological polar surface area (TPSA) is 46.4 Å². The minimum Gasteiger partial charge on any atom is -0.299 e. The van der Waals surface area contributed by atoms with E-state index in [0.717, 1.165) is 31.5 Å². The van der Waals surface area contributed by atoms with Crippen molar-refractivity contribution in [3.05, 3.63) is 39.7 Å². The Morgan fingerprint density at radius 1 is 1.39 bits per heavy atom. The van der Waals surface area contributed by atoms with Gasteiger partial charge in [0.05, 0.1) is 4.92 Å². The molecule has 18 heavy (non-hydrogen) atoms. The number of halogens is 1. The minimum absolute atomic E-state index is 0.463. The molecular formula is C13H19FN2O2. The highest BCUT2D eigenvalue weighted by Crippen LogP contribution is 2.19. The van der Waals surface area contributed by atoms with E-state index in [2.05, 4.69) is 18.7 Å². The first kappa shape index (κ1) is 14.6. The second kappa shape index (κ2) is 7.06. The van der Waals surface area contributed by atoms with Crippen molar-refractivity contribution in [2.45, 2.75) is 33.2 Å². The van der Waals surface area contributed by atoms with Gasteiger partial charge in [0.25, 0.3) is 0 Å². The maximum Gasteiger partial charge on any atom is 0.304 e. The lowest BCUT2D eigenvalue weighted by molar-refractivity contribution is -0.387. The summed E-state index contributed by atoms with van der Waals surface area (Å²) in [6.45, 7) is 6.66. The Morgan fingerprint density at radius 3 is 2.61 bits per heavy atom. The van der Waals surface area contributed by atoms with E-state index in [1.807, 2.05) is 0 Å². The maximum atomic E-state index is 13.4. The van der Waals surface area contributed by atoms with Crippen LogP contribution in [-0.4, -0.2) is 22.9 Å². The molecule has 1 aromatic carbocycles. The van der Waals surface area contributed by atoms with Gasteiger partial charge in [-0.1, -0.05) is 26.3 Å². The van der Waals surface area contributed by atoms with Crippen molar-refractivity contribution in [1.29, 1.82) is 0 Å². The highest BCUT2D eigenvalue weighted by molar-refractivity contribution is 5.34. The zero-order valence-corrected chi connectivity index (χ0v) is 10.9. The Bertz CT molecular complexity index is 410. The van der Waals surface area contributed by atoms with Gasteiger partial charge in [0.15, 0.2) is 0 Å². The zero-order valence-electron chi connectivity index (χ0n) is 10.9. The molecule has 0 saturated carbocycles. The van der Waals surface area contributed by atoms with Gasteiger partial charge in [0.1, 0.15) is 0 Å². The van der Waals surface area contributed by atoms with Crippen molar-refractivity contribution in [2.75, 3.05) is 13.1 Å². The molecule has 4 nitrogen and oxygen atoms in total. The molecule has 100 valence electrons.